The molecule has 3 fully saturated rings. The molecular formula is C39H48ClF4N5O9S. The van der Waals surface area contributed by atoms with Gasteiger partial charge in [0.05, 0.1) is 24.2 Å². The number of ether oxygens (including phenoxy) is 3. The summed E-state index contributed by atoms with van der Waals surface area (Å²) in [6.07, 6.45) is -2.68. The summed E-state index contributed by atoms with van der Waals surface area (Å²) in [7, 11) is -3.00. The number of carbonyl (C=O) groups is 4. The summed E-state index contributed by atoms with van der Waals surface area (Å²) in [6.45, 7) is 3.40. The molecule has 2 saturated carbocycles. The monoisotopic (exact) mass is 873 g/mol. The van der Waals surface area contributed by atoms with Crippen molar-refractivity contribution in [2.24, 2.45) is 17.8 Å². The number of sulfonamides is 1. The fourth-order valence-corrected chi connectivity index (χ4v) is 9.38. The number of hydrogen-bond acceptors (Lipinski definition) is 10. The Morgan fingerprint density at radius 1 is 1.12 bits per heavy atom. The molecule has 6 rings (SSSR count). The third kappa shape index (κ3) is 9.05. The number of carbonyl (C=O) groups excluding carboxylic acids is 4. The molecule has 1 saturated heterocycles. The lowest BCUT2D eigenvalue weighted by Gasteiger charge is -2.34. The van der Waals surface area contributed by atoms with Gasteiger partial charge < -0.3 is 29.7 Å². The highest BCUT2D eigenvalue weighted by Gasteiger charge is 2.64. The number of fused-ring (bicyclic) bond motifs is 3. The molecule has 0 radical (unpaired) electrons. The normalized spacial score (nSPS) is 29.2. The van der Waals surface area contributed by atoms with Crippen molar-refractivity contribution in [3.8, 4) is 11.6 Å². The molecule has 0 bridgehead atoms. The molecule has 4 aliphatic rings. The van der Waals surface area contributed by atoms with E-state index in [1.165, 1.54) is 13.2 Å². The van der Waals surface area contributed by atoms with Gasteiger partial charge in [-0.15, -0.1) is 0 Å². The molecule has 3 N–H and O–H groups in total. The summed E-state index contributed by atoms with van der Waals surface area (Å²) < 4.78 is 97.9. The molecule has 2 aromatic rings. The molecule has 2 aliphatic heterocycles. The van der Waals surface area contributed by atoms with Crippen molar-refractivity contribution in [2.45, 2.75) is 113 Å². The number of hydrogen-bond donors (Lipinski definition) is 3. The molecule has 2 aliphatic carbocycles. The molecule has 1 aromatic heterocycles. The molecular weight excluding hydrogens is 826 g/mol. The summed E-state index contributed by atoms with van der Waals surface area (Å²) in [6, 6.07) is 3.59. The van der Waals surface area contributed by atoms with Crippen LogP contribution in [-0.2, 0) is 29.1 Å². The van der Waals surface area contributed by atoms with E-state index in [1.54, 1.807) is 37.3 Å². The Morgan fingerprint density at radius 2 is 1.83 bits per heavy atom. The largest absolute Gasteiger partial charge is 0.497 e. The van der Waals surface area contributed by atoms with Gasteiger partial charge in [0.25, 0.3) is 5.91 Å². The Labute approximate surface area is 344 Å². The molecule has 3 heterocycles. The van der Waals surface area contributed by atoms with E-state index in [0.29, 0.717) is 49.8 Å². The van der Waals surface area contributed by atoms with Crippen molar-refractivity contribution in [1.29, 1.82) is 0 Å². The highest BCUT2D eigenvalue weighted by Crippen LogP contribution is 2.48. The zero-order valence-electron chi connectivity index (χ0n) is 33.2. The summed E-state index contributed by atoms with van der Waals surface area (Å²) in [5.41, 5.74) is -4.28. The predicted molar refractivity (Wildman–Crippen MR) is 207 cm³/mol. The number of alkyl carbamates (subject to hydrolysis) is 1. The van der Waals surface area contributed by atoms with Gasteiger partial charge in [0, 0.05) is 29.9 Å². The Bertz CT molecular complexity index is 2140. The van der Waals surface area contributed by atoms with Crippen molar-refractivity contribution >= 4 is 56.3 Å². The number of nitrogens with one attached hydrogen (secondary N) is 3. The van der Waals surface area contributed by atoms with E-state index in [-0.39, 0.29) is 49.0 Å². The van der Waals surface area contributed by atoms with Gasteiger partial charge in [0.1, 0.15) is 40.9 Å². The zero-order valence-corrected chi connectivity index (χ0v) is 34.7. The minimum Gasteiger partial charge on any atom is -0.497 e. The summed E-state index contributed by atoms with van der Waals surface area (Å²) in [4.78, 5) is 61.8. The van der Waals surface area contributed by atoms with Crippen LogP contribution in [0.3, 0.4) is 0 Å². The molecule has 0 unspecified atom stereocenters. The fourth-order valence-electron chi connectivity index (χ4n) is 7.70. The average Bonchev–Trinajstić information content (AvgIpc) is 4.05. The van der Waals surface area contributed by atoms with Crippen LogP contribution in [0.5, 0.6) is 11.6 Å². The molecule has 14 nitrogen and oxygen atoms in total. The quantitative estimate of drug-likeness (QED) is 0.215. The van der Waals surface area contributed by atoms with Crippen molar-refractivity contribution in [3.63, 3.8) is 0 Å². The first-order chi connectivity index (χ1) is 27.5. The number of halogens is 5. The Hall–Kier alpha value is -4.39. The fraction of sp³-hybridized carbons (Fsp3) is 0.615. The standard InChI is InChI=1S/C39H48ClF4N5O9S/c1-21-8-6-7-9-23-18-38(23,34(52)48-59(54,55)37(20-41)12-13-37)47-32(50)29-16-25(57-30-17-27(40)26-11-10-24(56-5)15-28(26)45-30)19-49(29)33(51)31(22(2)14-21)46-35(53)58-36(3,4)39(42,43)44/h7,9-11,15,17,21-23,25,29,31H,6,8,12-14,16,18-20H2,1-5H3,(H,46,53)(H,47,50)(H,48,52)/b9-7-/t21-,22-,23-,25-,29+,31+,38-/m1/s1. The third-order valence-electron chi connectivity index (χ3n) is 11.8. The minimum absolute atomic E-state index is 0.000381. The van der Waals surface area contributed by atoms with E-state index in [9.17, 15) is 45.2 Å². The number of benzene rings is 1. The maximum Gasteiger partial charge on any atom is 0.427 e. The molecule has 20 heteroatoms. The number of allylic oxidation sites excluding steroid dienone is 1. The van der Waals surface area contributed by atoms with Gasteiger partial charge in [-0.05, 0) is 76.3 Å². The Kier molecular flexibility index (Phi) is 12.2. The number of amides is 4. The molecule has 324 valence electrons. The first-order valence-electron chi connectivity index (χ1n) is 19.3. The number of aromatic nitrogens is 1. The topological polar surface area (TPSA) is 182 Å². The second-order valence-electron chi connectivity index (χ2n) is 16.7. The molecule has 59 heavy (non-hydrogen) atoms. The van der Waals surface area contributed by atoms with E-state index in [4.69, 9.17) is 25.8 Å². The van der Waals surface area contributed by atoms with E-state index in [2.05, 4.69) is 15.6 Å². The van der Waals surface area contributed by atoms with Gasteiger partial charge in [0.2, 0.25) is 33.3 Å². The van der Waals surface area contributed by atoms with Crippen molar-refractivity contribution < 1.29 is 59.4 Å². The highest BCUT2D eigenvalue weighted by molar-refractivity contribution is 7.91. The van der Waals surface area contributed by atoms with Crippen LogP contribution in [-0.4, -0.2) is 103 Å². The lowest BCUT2D eigenvalue weighted by atomic mass is 9.88. The lowest BCUT2D eigenvalue weighted by molar-refractivity contribution is -0.244. The SMILES string of the molecule is COc1ccc2c(Cl)cc(O[C@@H]3C[C@H]4C(=O)N[C@]5(C(=O)NS(=O)(=O)C6(CF)CC6)C[C@H]5/C=C\CC[C@@H](C)C[C@@H](C)[C@H](NC(=O)OC(C)(C)C(F)(F)F)C(=O)N4C3)nc2c1. The smallest absolute Gasteiger partial charge is 0.427 e. The van der Waals surface area contributed by atoms with Crippen LogP contribution in [0, 0.1) is 17.8 Å². The predicted octanol–water partition coefficient (Wildman–Crippen LogP) is 5.52. The van der Waals surface area contributed by atoms with Crippen molar-refractivity contribution in [3.05, 3.63) is 41.4 Å². The van der Waals surface area contributed by atoms with E-state index < -0.39 is 92.6 Å². The second kappa shape index (κ2) is 16.2. The number of pyridine rings is 1. The summed E-state index contributed by atoms with van der Waals surface area (Å²) >= 11 is 6.56. The lowest BCUT2D eigenvalue weighted by Crippen LogP contribution is -2.60. The minimum atomic E-state index is -4.94. The third-order valence-corrected chi connectivity index (χ3v) is 14.2. The second-order valence-corrected chi connectivity index (χ2v) is 19.2. The maximum atomic E-state index is 14.7. The van der Waals surface area contributed by atoms with Crippen LogP contribution in [0.2, 0.25) is 5.02 Å². The first kappa shape index (κ1) is 44.2. The Morgan fingerprint density at radius 3 is 2.47 bits per heavy atom. The number of nitrogens with zero attached hydrogens (tertiary/aromatic N) is 2. The van der Waals surface area contributed by atoms with E-state index >= 15 is 0 Å². The van der Waals surface area contributed by atoms with Gasteiger partial charge in [-0.1, -0.05) is 37.6 Å². The molecule has 4 amide bonds. The zero-order chi connectivity index (χ0) is 43.3. The summed E-state index contributed by atoms with van der Waals surface area (Å²) in [5, 5.41) is 5.90. The highest BCUT2D eigenvalue weighted by atomic mass is 35.5. The Balaban J connectivity index is 1.35. The molecule has 1 aromatic carbocycles. The average molecular weight is 874 g/mol. The molecule has 0 spiro atoms. The molecule has 7 atom stereocenters. The van der Waals surface area contributed by atoms with E-state index in [0.717, 1.165) is 4.90 Å². The van der Waals surface area contributed by atoms with Gasteiger partial charge in [-0.25, -0.2) is 22.6 Å². The van der Waals surface area contributed by atoms with Crippen LogP contribution in [0.15, 0.2) is 36.4 Å². The number of alkyl halides is 4. The number of rotatable bonds is 9. The van der Waals surface area contributed by atoms with Crippen molar-refractivity contribution in [1.82, 2.24) is 25.2 Å². The van der Waals surface area contributed by atoms with Gasteiger partial charge >= 0.3 is 12.3 Å². The van der Waals surface area contributed by atoms with Crippen LogP contribution in [0.4, 0.5) is 22.4 Å². The van der Waals surface area contributed by atoms with Gasteiger partial charge in [-0.2, -0.15) is 13.2 Å². The van der Waals surface area contributed by atoms with Crippen LogP contribution in [0.1, 0.15) is 72.6 Å². The van der Waals surface area contributed by atoms with Gasteiger partial charge in [0.15, 0.2) is 0 Å². The summed E-state index contributed by atoms with van der Waals surface area (Å²) in [5.74, 6) is -3.68. The van der Waals surface area contributed by atoms with Crippen molar-refractivity contribution in [2.75, 3.05) is 20.3 Å². The maximum absolute atomic E-state index is 14.7. The van der Waals surface area contributed by atoms with Gasteiger partial charge in [-0.3, -0.25) is 19.1 Å². The van der Waals surface area contributed by atoms with Crippen LogP contribution in [0.25, 0.3) is 10.9 Å². The van der Waals surface area contributed by atoms with E-state index in [1.807, 2.05) is 11.6 Å². The van der Waals surface area contributed by atoms with Crippen LogP contribution < -0.4 is 24.8 Å². The van der Waals surface area contributed by atoms with Crippen LogP contribution >= 0.6 is 11.6 Å². The first-order valence-corrected chi connectivity index (χ1v) is 21.2. The number of methoxy groups -OCH3 is 1.